The summed E-state index contributed by atoms with van der Waals surface area (Å²) in [4.78, 5) is 0. The van der Waals surface area contributed by atoms with E-state index in [-0.39, 0.29) is 10.8 Å². The predicted molar refractivity (Wildman–Crippen MR) is 105 cm³/mol. The Balaban J connectivity index is 1.54. The number of hydrogen-bond donors (Lipinski definition) is 0. The van der Waals surface area contributed by atoms with Gasteiger partial charge in [0.2, 0.25) is 0 Å². The summed E-state index contributed by atoms with van der Waals surface area (Å²) < 4.78 is 13.6. The van der Waals surface area contributed by atoms with Gasteiger partial charge in [0.15, 0.2) is 0 Å². The Bertz CT molecular complexity index is 709. The lowest BCUT2D eigenvalue weighted by molar-refractivity contribution is 0.296. The minimum atomic E-state index is -0.364. The molecule has 3 rings (SSSR count). The van der Waals surface area contributed by atoms with Gasteiger partial charge in [-0.15, -0.1) is 0 Å². The molecule has 0 heterocycles. The summed E-state index contributed by atoms with van der Waals surface area (Å²) in [6.45, 7) is 2.12. The van der Waals surface area contributed by atoms with Crippen LogP contribution in [0.25, 0.3) is 11.1 Å². The van der Waals surface area contributed by atoms with Crippen molar-refractivity contribution < 1.29 is 4.39 Å². The lowest BCUT2D eigenvalue weighted by Crippen LogP contribution is -2.13. The summed E-state index contributed by atoms with van der Waals surface area (Å²) in [7, 11) is 0. The van der Waals surface area contributed by atoms with Gasteiger partial charge in [-0.1, -0.05) is 54.1 Å². The summed E-state index contributed by atoms with van der Waals surface area (Å²) >= 11 is 5.76. The van der Waals surface area contributed by atoms with Gasteiger partial charge < -0.3 is 0 Å². The molecule has 1 saturated carbocycles. The Morgan fingerprint density at radius 3 is 2.32 bits per heavy atom. The zero-order valence-electron chi connectivity index (χ0n) is 14.8. The van der Waals surface area contributed by atoms with E-state index >= 15 is 0 Å². The second-order valence-electron chi connectivity index (χ2n) is 7.17. The standard InChI is InChI=1S/C23H26ClF/c1-2-3-17-4-6-18(7-5-17)8-9-19-10-12-20(13-11-19)21-14-15-22(24)23(25)16-21/h2-3,10-18H,4-9H2,1H3. The molecule has 2 heteroatoms. The third kappa shape index (κ3) is 4.95. The van der Waals surface area contributed by atoms with Crippen LogP contribution < -0.4 is 0 Å². The summed E-state index contributed by atoms with van der Waals surface area (Å²) in [5.41, 5.74) is 3.27. The molecule has 2 aromatic rings. The third-order valence-electron chi connectivity index (χ3n) is 5.40. The molecule has 0 saturated heterocycles. The number of hydrogen-bond acceptors (Lipinski definition) is 0. The van der Waals surface area contributed by atoms with Crippen LogP contribution in [0.2, 0.25) is 5.02 Å². The van der Waals surface area contributed by atoms with E-state index in [9.17, 15) is 4.39 Å². The van der Waals surface area contributed by atoms with E-state index in [4.69, 9.17) is 11.6 Å². The first kappa shape index (κ1) is 18.2. The highest BCUT2D eigenvalue weighted by atomic mass is 35.5. The molecule has 1 fully saturated rings. The van der Waals surface area contributed by atoms with Crippen LogP contribution in [0.4, 0.5) is 4.39 Å². The second kappa shape index (κ2) is 8.67. The van der Waals surface area contributed by atoms with Crippen LogP contribution in [-0.2, 0) is 6.42 Å². The van der Waals surface area contributed by atoms with Gasteiger partial charge in [-0.2, -0.15) is 0 Å². The molecule has 0 aromatic heterocycles. The largest absolute Gasteiger partial charge is 0.205 e. The van der Waals surface area contributed by atoms with Gasteiger partial charge in [-0.05, 0) is 86.1 Å². The zero-order valence-corrected chi connectivity index (χ0v) is 15.6. The molecule has 1 aliphatic rings. The van der Waals surface area contributed by atoms with Crippen LogP contribution in [0.5, 0.6) is 0 Å². The van der Waals surface area contributed by atoms with Gasteiger partial charge in [0.1, 0.15) is 5.82 Å². The van der Waals surface area contributed by atoms with Crippen molar-refractivity contribution in [2.75, 3.05) is 0 Å². The van der Waals surface area contributed by atoms with Gasteiger partial charge in [0.05, 0.1) is 5.02 Å². The molecule has 0 nitrogen and oxygen atoms in total. The van der Waals surface area contributed by atoms with Crippen LogP contribution in [-0.4, -0.2) is 0 Å². The minimum absolute atomic E-state index is 0.171. The first-order valence-electron chi connectivity index (χ1n) is 9.33. The number of halogens is 2. The Labute approximate surface area is 155 Å². The van der Waals surface area contributed by atoms with Gasteiger partial charge in [-0.3, -0.25) is 0 Å². The molecule has 25 heavy (non-hydrogen) atoms. The maximum atomic E-state index is 13.6. The fraction of sp³-hybridized carbons (Fsp3) is 0.391. The number of benzene rings is 2. The van der Waals surface area contributed by atoms with E-state index < -0.39 is 0 Å². The predicted octanol–water partition coefficient (Wildman–Crippen LogP) is 7.46. The molecule has 0 spiro atoms. The van der Waals surface area contributed by atoms with Gasteiger partial charge in [-0.25, -0.2) is 4.39 Å². The average Bonchev–Trinajstić information content (AvgIpc) is 2.64. The highest BCUT2D eigenvalue weighted by molar-refractivity contribution is 6.30. The number of allylic oxidation sites excluding steroid dienone is 2. The summed E-state index contributed by atoms with van der Waals surface area (Å²) in [6, 6.07) is 13.5. The van der Waals surface area contributed by atoms with Crippen molar-refractivity contribution in [2.24, 2.45) is 11.8 Å². The molecule has 0 amide bonds. The Morgan fingerprint density at radius 2 is 1.68 bits per heavy atom. The molecule has 0 radical (unpaired) electrons. The minimum Gasteiger partial charge on any atom is -0.205 e. The van der Waals surface area contributed by atoms with Gasteiger partial charge in [0, 0.05) is 0 Å². The van der Waals surface area contributed by atoms with Crippen molar-refractivity contribution in [1.29, 1.82) is 0 Å². The van der Waals surface area contributed by atoms with Crippen LogP contribution in [0.15, 0.2) is 54.6 Å². The summed E-state index contributed by atoms with van der Waals surface area (Å²) in [5, 5.41) is 0.171. The van der Waals surface area contributed by atoms with E-state index in [1.165, 1.54) is 43.7 Å². The molecular formula is C23H26ClF. The normalized spacial score (nSPS) is 20.9. The van der Waals surface area contributed by atoms with Crippen LogP contribution >= 0.6 is 11.6 Å². The van der Waals surface area contributed by atoms with Crippen molar-refractivity contribution in [1.82, 2.24) is 0 Å². The van der Waals surface area contributed by atoms with Crippen molar-refractivity contribution in [3.05, 3.63) is 71.0 Å². The maximum Gasteiger partial charge on any atom is 0.142 e. The molecule has 2 aromatic carbocycles. The number of rotatable bonds is 5. The van der Waals surface area contributed by atoms with Crippen LogP contribution in [0.1, 0.15) is 44.6 Å². The highest BCUT2D eigenvalue weighted by Crippen LogP contribution is 2.32. The summed E-state index contributed by atoms with van der Waals surface area (Å²) in [6.07, 6.45) is 12.4. The summed E-state index contributed by atoms with van der Waals surface area (Å²) in [5.74, 6) is 1.31. The van der Waals surface area contributed by atoms with Crippen molar-refractivity contribution in [3.8, 4) is 11.1 Å². The van der Waals surface area contributed by atoms with E-state index in [1.54, 1.807) is 6.07 Å². The number of aryl methyl sites for hydroxylation is 1. The molecule has 1 aliphatic carbocycles. The molecule has 0 aliphatic heterocycles. The fourth-order valence-corrected chi connectivity index (χ4v) is 3.97. The third-order valence-corrected chi connectivity index (χ3v) is 5.71. The fourth-order valence-electron chi connectivity index (χ4n) is 3.85. The van der Waals surface area contributed by atoms with E-state index in [0.29, 0.717) is 0 Å². The molecule has 0 N–H and O–H groups in total. The topological polar surface area (TPSA) is 0 Å². The molecule has 0 bridgehead atoms. The zero-order chi connectivity index (χ0) is 17.6. The first-order valence-corrected chi connectivity index (χ1v) is 9.70. The van der Waals surface area contributed by atoms with Gasteiger partial charge >= 0.3 is 0 Å². The quantitative estimate of drug-likeness (QED) is 0.487. The van der Waals surface area contributed by atoms with E-state index in [1.807, 2.05) is 6.07 Å². The Morgan fingerprint density at radius 1 is 1.00 bits per heavy atom. The smallest absolute Gasteiger partial charge is 0.142 e. The molecular weight excluding hydrogens is 331 g/mol. The Kier molecular flexibility index (Phi) is 6.31. The molecule has 0 atom stereocenters. The lowest BCUT2D eigenvalue weighted by Gasteiger charge is -2.26. The second-order valence-corrected chi connectivity index (χ2v) is 7.58. The van der Waals surface area contributed by atoms with Gasteiger partial charge in [0.25, 0.3) is 0 Å². The monoisotopic (exact) mass is 356 g/mol. The highest BCUT2D eigenvalue weighted by Gasteiger charge is 2.19. The first-order chi connectivity index (χ1) is 12.2. The SMILES string of the molecule is CC=CC1CCC(CCc2ccc(-c3ccc(Cl)c(F)c3)cc2)CC1. The maximum absolute atomic E-state index is 13.6. The molecule has 0 unspecified atom stereocenters. The van der Waals surface area contributed by atoms with E-state index in [0.717, 1.165) is 29.4 Å². The van der Waals surface area contributed by atoms with Crippen LogP contribution in [0, 0.1) is 17.7 Å². The van der Waals surface area contributed by atoms with Crippen LogP contribution in [0.3, 0.4) is 0 Å². The lowest BCUT2D eigenvalue weighted by atomic mass is 9.79. The Hall–Kier alpha value is -1.60. The average molecular weight is 357 g/mol. The van der Waals surface area contributed by atoms with Crippen molar-refractivity contribution in [2.45, 2.75) is 45.4 Å². The van der Waals surface area contributed by atoms with Crippen molar-refractivity contribution in [3.63, 3.8) is 0 Å². The van der Waals surface area contributed by atoms with Crippen molar-refractivity contribution >= 4 is 11.6 Å². The molecule has 132 valence electrons. The van der Waals surface area contributed by atoms with E-state index in [2.05, 4.69) is 43.3 Å².